The van der Waals surface area contributed by atoms with Gasteiger partial charge in [-0.05, 0) is 42.8 Å². The zero-order chi connectivity index (χ0) is 22.2. The molecule has 0 fully saturated rings. The molecule has 0 aliphatic heterocycles. The van der Waals surface area contributed by atoms with Crippen LogP contribution < -0.4 is 0 Å². The zero-order valence-electron chi connectivity index (χ0n) is 16.5. The Labute approximate surface area is 184 Å². The predicted molar refractivity (Wildman–Crippen MR) is 122 cm³/mol. The number of nitrogens with zero attached hydrogens (tertiary/aromatic N) is 1. The number of aliphatic hydroxyl groups excluding tert-OH is 1. The Bertz CT molecular complexity index is 1440. The summed E-state index contributed by atoms with van der Waals surface area (Å²) in [7, 11) is -3.93. The Morgan fingerprint density at radius 1 is 0.968 bits per heavy atom. The summed E-state index contributed by atoms with van der Waals surface area (Å²) in [6.07, 6.45) is 2.40. The molecule has 0 aliphatic rings. The average molecular weight is 452 g/mol. The molecule has 0 bridgehead atoms. The van der Waals surface area contributed by atoms with E-state index in [0.29, 0.717) is 21.5 Å². The SMILES string of the molecule is Cc1ccccc1C(=O)C=C(O)c1cn(S(=O)(=O)c2ccccc2)c2ccc(Cl)cc12. The van der Waals surface area contributed by atoms with Crippen molar-refractivity contribution in [3.05, 3.63) is 107 Å². The van der Waals surface area contributed by atoms with Crippen LogP contribution >= 0.6 is 11.6 Å². The van der Waals surface area contributed by atoms with Gasteiger partial charge in [-0.2, -0.15) is 0 Å². The van der Waals surface area contributed by atoms with Gasteiger partial charge in [-0.25, -0.2) is 12.4 Å². The van der Waals surface area contributed by atoms with E-state index in [1.807, 2.05) is 6.07 Å². The number of carbonyl (C=O) groups excluding carboxylic acids is 1. The van der Waals surface area contributed by atoms with Gasteiger partial charge in [0.1, 0.15) is 5.76 Å². The van der Waals surface area contributed by atoms with Gasteiger partial charge in [-0.15, -0.1) is 0 Å². The normalized spacial score (nSPS) is 12.3. The zero-order valence-corrected chi connectivity index (χ0v) is 18.1. The molecule has 5 nitrogen and oxygen atoms in total. The molecular weight excluding hydrogens is 434 g/mol. The molecule has 31 heavy (non-hydrogen) atoms. The van der Waals surface area contributed by atoms with E-state index in [0.717, 1.165) is 15.6 Å². The first-order valence-electron chi connectivity index (χ1n) is 9.41. The summed E-state index contributed by atoms with van der Waals surface area (Å²) in [6, 6.07) is 19.7. The summed E-state index contributed by atoms with van der Waals surface area (Å²) in [5, 5.41) is 11.6. The lowest BCUT2D eigenvalue weighted by atomic mass is 10.0. The summed E-state index contributed by atoms with van der Waals surface area (Å²) in [4.78, 5) is 12.8. The highest BCUT2D eigenvalue weighted by atomic mass is 35.5. The molecule has 0 spiro atoms. The Morgan fingerprint density at radius 3 is 2.35 bits per heavy atom. The molecule has 1 heterocycles. The number of benzene rings is 3. The standard InChI is InChI=1S/C24H18ClNO4S/c1-16-7-5-6-10-19(16)23(27)14-24(28)21-15-26(22-12-11-17(25)13-20(21)22)31(29,30)18-8-3-2-4-9-18/h2-15,28H,1H3. The molecule has 0 saturated heterocycles. The van der Waals surface area contributed by atoms with E-state index in [1.165, 1.54) is 18.3 Å². The van der Waals surface area contributed by atoms with Crippen LogP contribution in [0.25, 0.3) is 16.7 Å². The van der Waals surface area contributed by atoms with Gasteiger partial charge >= 0.3 is 0 Å². The maximum atomic E-state index is 13.2. The van der Waals surface area contributed by atoms with Gasteiger partial charge in [-0.1, -0.05) is 54.1 Å². The van der Waals surface area contributed by atoms with Crippen LogP contribution in [-0.4, -0.2) is 23.3 Å². The van der Waals surface area contributed by atoms with Crippen molar-refractivity contribution in [3.8, 4) is 0 Å². The van der Waals surface area contributed by atoms with Gasteiger partial charge in [-0.3, -0.25) is 4.79 Å². The molecule has 156 valence electrons. The Kier molecular flexibility index (Phi) is 5.43. The number of rotatable bonds is 5. The topological polar surface area (TPSA) is 76.4 Å². The number of hydrogen-bond donors (Lipinski definition) is 1. The quantitative estimate of drug-likeness (QED) is 0.242. The highest BCUT2D eigenvalue weighted by molar-refractivity contribution is 7.90. The molecule has 0 radical (unpaired) electrons. The lowest BCUT2D eigenvalue weighted by Crippen LogP contribution is -2.11. The van der Waals surface area contributed by atoms with Gasteiger partial charge in [0.05, 0.1) is 10.4 Å². The van der Waals surface area contributed by atoms with Gasteiger partial charge in [0.25, 0.3) is 10.0 Å². The van der Waals surface area contributed by atoms with Crippen molar-refractivity contribution in [3.63, 3.8) is 0 Å². The van der Waals surface area contributed by atoms with E-state index in [4.69, 9.17) is 11.6 Å². The third-order valence-corrected chi connectivity index (χ3v) is 6.91. The molecule has 0 unspecified atom stereocenters. The molecule has 0 amide bonds. The van der Waals surface area contributed by atoms with Crippen LogP contribution in [-0.2, 0) is 10.0 Å². The largest absolute Gasteiger partial charge is 0.507 e. The van der Waals surface area contributed by atoms with Crippen molar-refractivity contribution in [2.75, 3.05) is 0 Å². The number of halogens is 1. The molecule has 1 aromatic heterocycles. The number of aromatic nitrogens is 1. The third-order valence-electron chi connectivity index (χ3n) is 4.99. The lowest BCUT2D eigenvalue weighted by Gasteiger charge is -2.07. The van der Waals surface area contributed by atoms with E-state index in [1.54, 1.807) is 61.5 Å². The number of aliphatic hydroxyl groups is 1. The Morgan fingerprint density at radius 2 is 1.65 bits per heavy atom. The molecule has 1 N–H and O–H groups in total. The Balaban J connectivity index is 1.89. The third kappa shape index (κ3) is 3.87. The molecule has 7 heteroatoms. The molecule has 3 aromatic carbocycles. The number of ketones is 1. The summed E-state index contributed by atoms with van der Waals surface area (Å²) in [6.45, 7) is 1.80. The second kappa shape index (κ2) is 8.06. The number of carbonyl (C=O) groups is 1. The highest BCUT2D eigenvalue weighted by Crippen LogP contribution is 2.31. The van der Waals surface area contributed by atoms with Crippen LogP contribution in [0.1, 0.15) is 21.5 Å². The first-order chi connectivity index (χ1) is 14.8. The number of allylic oxidation sites excluding steroid dienone is 1. The fraction of sp³-hybridized carbons (Fsp3) is 0.0417. The molecule has 0 saturated carbocycles. The van der Waals surface area contributed by atoms with E-state index in [9.17, 15) is 18.3 Å². The van der Waals surface area contributed by atoms with Crippen molar-refractivity contribution >= 4 is 44.1 Å². The van der Waals surface area contributed by atoms with Gasteiger partial charge in [0.2, 0.25) is 0 Å². The molecule has 0 aliphatic carbocycles. The average Bonchev–Trinajstić information content (AvgIpc) is 3.14. The van der Waals surface area contributed by atoms with E-state index < -0.39 is 10.0 Å². The molecular formula is C24H18ClNO4S. The lowest BCUT2D eigenvalue weighted by molar-refractivity contribution is 0.104. The van der Waals surface area contributed by atoms with Crippen molar-refractivity contribution in [1.29, 1.82) is 0 Å². The van der Waals surface area contributed by atoms with Gasteiger partial charge in [0.15, 0.2) is 5.78 Å². The highest BCUT2D eigenvalue weighted by Gasteiger charge is 2.23. The molecule has 4 aromatic rings. The Hall–Kier alpha value is -3.35. The van der Waals surface area contributed by atoms with Crippen LogP contribution in [0.15, 0.2) is 90.0 Å². The summed E-state index contributed by atoms with van der Waals surface area (Å²) < 4.78 is 27.5. The minimum absolute atomic E-state index is 0.104. The second-order valence-corrected chi connectivity index (χ2v) is 9.28. The summed E-state index contributed by atoms with van der Waals surface area (Å²) >= 11 is 6.13. The van der Waals surface area contributed by atoms with Crippen LogP contribution in [0.5, 0.6) is 0 Å². The van der Waals surface area contributed by atoms with Crippen LogP contribution in [0.4, 0.5) is 0 Å². The van der Waals surface area contributed by atoms with Crippen molar-refractivity contribution in [2.45, 2.75) is 11.8 Å². The first kappa shape index (κ1) is 20.9. The number of aryl methyl sites for hydroxylation is 1. The van der Waals surface area contributed by atoms with Crippen LogP contribution in [0.3, 0.4) is 0 Å². The van der Waals surface area contributed by atoms with Crippen LogP contribution in [0.2, 0.25) is 5.02 Å². The number of hydrogen-bond acceptors (Lipinski definition) is 4. The summed E-state index contributed by atoms with van der Waals surface area (Å²) in [5.41, 5.74) is 1.76. The van der Waals surface area contributed by atoms with Gasteiger partial charge in [0, 0.05) is 33.8 Å². The van der Waals surface area contributed by atoms with Crippen molar-refractivity contribution < 1.29 is 18.3 Å². The molecule has 0 atom stereocenters. The van der Waals surface area contributed by atoms with Crippen molar-refractivity contribution in [2.24, 2.45) is 0 Å². The summed E-state index contributed by atoms with van der Waals surface area (Å²) in [5.74, 6) is -0.730. The van der Waals surface area contributed by atoms with E-state index in [2.05, 4.69) is 0 Å². The smallest absolute Gasteiger partial charge is 0.268 e. The second-order valence-electron chi connectivity index (χ2n) is 7.03. The fourth-order valence-electron chi connectivity index (χ4n) is 3.41. The maximum Gasteiger partial charge on any atom is 0.268 e. The van der Waals surface area contributed by atoms with Crippen molar-refractivity contribution in [1.82, 2.24) is 3.97 Å². The maximum absolute atomic E-state index is 13.2. The fourth-order valence-corrected chi connectivity index (χ4v) is 4.97. The van der Waals surface area contributed by atoms with E-state index >= 15 is 0 Å². The molecule has 4 rings (SSSR count). The van der Waals surface area contributed by atoms with E-state index in [-0.39, 0.29) is 22.0 Å². The minimum Gasteiger partial charge on any atom is -0.507 e. The monoisotopic (exact) mass is 451 g/mol. The first-order valence-corrected chi connectivity index (χ1v) is 11.2. The predicted octanol–water partition coefficient (Wildman–Crippen LogP) is 5.62. The van der Waals surface area contributed by atoms with Gasteiger partial charge < -0.3 is 5.11 Å². The minimum atomic E-state index is -3.93. The number of fused-ring (bicyclic) bond motifs is 1. The van der Waals surface area contributed by atoms with Crippen LogP contribution in [0, 0.1) is 6.92 Å².